The SMILES string of the molecule is C[CH-]C1Cc2nccn2CC1C.[Lr]. The number of aromatic nitrogens is 2. The van der Waals surface area contributed by atoms with E-state index in [4.69, 9.17) is 0 Å². The van der Waals surface area contributed by atoms with Crippen LogP contribution in [-0.2, 0) is 13.0 Å². The third kappa shape index (κ3) is 1.40. The molecule has 0 spiro atoms. The molecule has 81 valence electrons. The molecule has 0 bridgehead atoms. The van der Waals surface area contributed by atoms with Crippen LogP contribution < -0.4 is 0 Å². The summed E-state index contributed by atoms with van der Waals surface area (Å²) in [6, 6.07) is 0. The van der Waals surface area contributed by atoms with Crippen LogP contribution >= 0.6 is 0 Å². The minimum Gasteiger partial charge on any atom is -0.335 e. The zero-order valence-corrected chi connectivity index (χ0v) is 10.1. The Kier molecular flexibility index (Phi) is 2.36. The summed E-state index contributed by atoms with van der Waals surface area (Å²) in [4.78, 5) is 4.33. The van der Waals surface area contributed by atoms with Crippen LogP contribution in [0.15, 0.2) is 12.4 Å². The maximum atomic E-state index is 4.33. The predicted molar refractivity (Wildman–Crippen MR) is 48.6 cm³/mol. The first-order chi connectivity index (χ1) is 5.81. The summed E-state index contributed by atoms with van der Waals surface area (Å²) in [7, 11) is 0. The van der Waals surface area contributed by atoms with Crippen molar-refractivity contribution in [1.29, 1.82) is 0 Å². The molecule has 0 saturated heterocycles. The van der Waals surface area contributed by atoms with Crippen LogP contribution in [0.25, 0.3) is 0 Å². The smallest absolute Gasteiger partial charge is 0.106 e. The molecule has 13 heavy (non-hydrogen) atoms. The molecule has 1 aliphatic heterocycles. The Morgan fingerprint density at radius 1 is 1.62 bits per heavy atom. The van der Waals surface area contributed by atoms with Crippen molar-refractivity contribution in [3.63, 3.8) is 0 Å². The predicted octanol–water partition coefficient (Wildman–Crippen LogP) is 1.92. The van der Waals surface area contributed by atoms with E-state index in [1.165, 1.54) is 5.82 Å². The van der Waals surface area contributed by atoms with Gasteiger partial charge >= 0.3 is 0 Å². The van der Waals surface area contributed by atoms with Gasteiger partial charge in [-0.3, -0.25) is 0 Å². The molecule has 1 aliphatic rings. The summed E-state index contributed by atoms with van der Waals surface area (Å²) in [6.45, 7) is 5.59. The van der Waals surface area contributed by atoms with Crippen LogP contribution in [0, 0.1) is 18.3 Å². The normalized spacial score (nSPS) is 26.3. The van der Waals surface area contributed by atoms with E-state index in [0.717, 1.165) is 24.8 Å². The first-order valence-electron chi connectivity index (χ1n) is 4.60. The third-order valence-corrected chi connectivity index (χ3v) is 2.86. The molecule has 1 radical (unpaired) electrons. The zero-order valence-electron chi connectivity index (χ0n) is 7.95. The Morgan fingerprint density at radius 3 is 3.08 bits per heavy atom. The van der Waals surface area contributed by atoms with E-state index in [1.807, 2.05) is 6.20 Å². The molecule has 0 aromatic carbocycles. The van der Waals surface area contributed by atoms with Crippen LogP contribution in [0.4, 0.5) is 0 Å². The number of imidazole rings is 1. The molecule has 0 N–H and O–H groups in total. The summed E-state index contributed by atoms with van der Waals surface area (Å²) in [5, 5.41) is 0. The molecule has 2 heterocycles. The second-order valence-electron chi connectivity index (χ2n) is 3.67. The summed E-state index contributed by atoms with van der Waals surface area (Å²) in [5.41, 5.74) is 0. The molecule has 2 rings (SSSR count). The Bertz CT molecular complexity index is 270. The third-order valence-electron chi connectivity index (χ3n) is 2.86. The number of fused-ring (bicyclic) bond motifs is 1. The van der Waals surface area contributed by atoms with E-state index < -0.39 is 0 Å². The summed E-state index contributed by atoms with van der Waals surface area (Å²) in [6.07, 6.45) is 7.41. The van der Waals surface area contributed by atoms with Crippen molar-refractivity contribution in [2.24, 2.45) is 11.8 Å². The molecule has 0 fully saturated rings. The van der Waals surface area contributed by atoms with Gasteiger partial charge in [-0.05, 0) is 6.42 Å². The van der Waals surface area contributed by atoms with Gasteiger partial charge in [-0.2, -0.15) is 12.8 Å². The second kappa shape index (κ2) is 3.30. The Morgan fingerprint density at radius 2 is 2.38 bits per heavy atom. The van der Waals surface area contributed by atoms with Crippen LogP contribution in [0.3, 0.4) is 0 Å². The average molecular weight is 425 g/mol. The minimum absolute atomic E-state index is 0. The molecule has 2 atom stereocenters. The fourth-order valence-electron chi connectivity index (χ4n) is 2.00. The Hall–Kier alpha value is -1.79. The summed E-state index contributed by atoms with van der Waals surface area (Å²) < 4.78 is 2.27. The summed E-state index contributed by atoms with van der Waals surface area (Å²) in [5.74, 6) is 2.73. The molecule has 0 aliphatic carbocycles. The molecule has 1 aromatic heterocycles. The van der Waals surface area contributed by atoms with Crippen LogP contribution in [0.5, 0.6) is 0 Å². The van der Waals surface area contributed by atoms with Gasteiger partial charge in [0.05, 0.1) is 0 Å². The maximum absolute atomic E-state index is 4.33. The van der Waals surface area contributed by atoms with E-state index >= 15 is 0 Å². The number of hydrogen-bond donors (Lipinski definition) is 0. The summed E-state index contributed by atoms with van der Waals surface area (Å²) >= 11 is 0. The molecule has 2 nitrogen and oxygen atoms in total. The fraction of sp³-hybridized carbons (Fsp3) is 0.600. The van der Waals surface area contributed by atoms with Gasteiger partial charge in [0.2, 0.25) is 0 Å². The van der Waals surface area contributed by atoms with Crippen molar-refractivity contribution in [3.8, 4) is 0 Å². The molecule has 1 aromatic rings. The average Bonchev–Trinajstić information content (AvgIpc) is 2.49. The van der Waals surface area contributed by atoms with Crippen molar-refractivity contribution in [3.05, 3.63) is 24.6 Å². The molecular weight excluding hydrogens is 410 g/mol. The first-order valence-corrected chi connectivity index (χ1v) is 4.60. The van der Waals surface area contributed by atoms with Gasteiger partial charge < -0.3 is 11.0 Å². The van der Waals surface area contributed by atoms with E-state index in [2.05, 4.69) is 36.0 Å². The molecule has 0 saturated carbocycles. The standard InChI is InChI=1S/C10H15N2.Lr/c1-3-9-6-10-11-4-5-12(10)7-8(9)2;/h3-5,8-9H,6-7H2,1-2H3;/q-1;. The van der Waals surface area contributed by atoms with Crippen molar-refractivity contribution in [2.75, 3.05) is 0 Å². The first kappa shape index (κ1) is 9.30. The maximum Gasteiger partial charge on any atom is 0.106 e. The quantitative estimate of drug-likeness (QED) is 0.629. The molecule has 3 heteroatoms. The second-order valence-corrected chi connectivity index (χ2v) is 3.67. The number of hydrogen-bond acceptors (Lipinski definition) is 1. The van der Waals surface area contributed by atoms with Crippen molar-refractivity contribution >= 4 is 0 Å². The minimum atomic E-state index is 0. The van der Waals surface area contributed by atoms with Crippen molar-refractivity contribution in [2.45, 2.75) is 26.8 Å². The van der Waals surface area contributed by atoms with Gasteiger partial charge in [0.25, 0.3) is 0 Å². The van der Waals surface area contributed by atoms with E-state index in [9.17, 15) is 0 Å². The van der Waals surface area contributed by atoms with Gasteiger partial charge in [0, 0.05) is 18.9 Å². The molecule has 0 amide bonds. The van der Waals surface area contributed by atoms with Gasteiger partial charge in [-0.25, -0.2) is 4.98 Å². The van der Waals surface area contributed by atoms with E-state index in [-0.39, 0.29) is 0 Å². The van der Waals surface area contributed by atoms with Crippen molar-refractivity contribution in [1.82, 2.24) is 9.55 Å². The monoisotopic (exact) mass is 425 g/mol. The zero-order chi connectivity index (χ0) is 8.55. The molecule has 2 unspecified atom stereocenters. The van der Waals surface area contributed by atoms with E-state index in [0.29, 0.717) is 0 Å². The topological polar surface area (TPSA) is 17.8 Å². The van der Waals surface area contributed by atoms with Gasteiger partial charge in [-0.15, -0.1) is 0 Å². The van der Waals surface area contributed by atoms with Crippen molar-refractivity contribution < 1.29 is 0 Å². The Balaban J connectivity index is 0.000000845. The number of nitrogens with zero attached hydrogens (tertiary/aromatic N) is 2. The van der Waals surface area contributed by atoms with E-state index in [1.54, 1.807) is 0 Å². The Labute approximate surface area is 73.6 Å². The largest absolute Gasteiger partial charge is 0.335 e. The van der Waals surface area contributed by atoms with Crippen LogP contribution in [0.1, 0.15) is 19.7 Å². The van der Waals surface area contributed by atoms with Crippen LogP contribution in [0.2, 0.25) is 0 Å². The number of rotatable bonds is 1. The molecular formula is C10H15LrN2-. The van der Waals surface area contributed by atoms with Gasteiger partial charge in [0.15, 0.2) is 0 Å². The van der Waals surface area contributed by atoms with Gasteiger partial charge in [-0.1, -0.05) is 12.8 Å². The van der Waals surface area contributed by atoms with Crippen LogP contribution in [-0.4, -0.2) is 9.55 Å². The van der Waals surface area contributed by atoms with Gasteiger partial charge in [0.1, 0.15) is 5.82 Å². The fourth-order valence-corrected chi connectivity index (χ4v) is 2.00.